The molecular weight excluding hydrogens is 350 g/mol. The predicted octanol–water partition coefficient (Wildman–Crippen LogP) is 3.37. The molecule has 3 rings (SSSR count). The highest BCUT2D eigenvalue weighted by molar-refractivity contribution is 6.31. The van der Waals surface area contributed by atoms with Crippen molar-refractivity contribution in [2.24, 2.45) is 0 Å². The third-order valence-corrected chi connectivity index (χ3v) is 4.77. The lowest BCUT2D eigenvalue weighted by atomic mass is 10.1. The molecule has 1 fully saturated rings. The molecule has 0 aliphatic carbocycles. The number of nitrogens with one attached hydrogen (secondary N) is 1. The van der Waals surface area contributed by atoms with Gasteiger partial charge < -0.3 is 15.1 Å². The molecular formula is C19H24ClN5O. The molecule has 1 aromatic carbocycles. The number of carbonyl (C=O) groups excluding carboxylic acids is 1. The van der Waals surface area contributed by atoms with Gasteiger partial charge in [-0.25, -0.2) is 4.98 Å². The van der Waals surface area contributed by atoms with Crippen LogP contribution in [0, 0.1) is 0 Å². The number of carbonyl (C=O) groups is 1. The number of amides is 1. The number of rotatable bonds is 5. The summed E-state index contributed by atoms with van der Waals surface area (Å²) in [5.41, 5.74) is 1.40. The molecule has 0 unspecified atom stereocenters. The molecule has 1 amide bonds. The van der Waals surface area contributed by atoms with Crippen molar-refractivity contribution in [3.05, 3.63) is 41.0 Å². The highest BCUT2D eigenvalue weighted by Gasteiger charge is 2.18. The van der Waals surface area contributed by atoms with Crippen molar-refractivity contribution in [2.75, 3.05) is 42.3 Å². The Morgan fingerprint density at radius 1 is 1.23 bits per heavy atom. The second-order valence-corrected chi connectivity index (χ2v) is 7.07. The summed E-state index contributed by atoms with van der Waals surface area (Å²) in [6.45, 7) is 1.95. The highest BCUT2D eigenvalue weighted by atomic mass is 35.5. The minimum Gasteiger partial charge on any atom is -0.361 e. The Kier molecular flexibility index (Phi) is 5.93. The summed E-state index contributed by atoms with van der Waals surface area (Å²) in [5, 5.41) is 3.50. The highest BCUT2D eigenvalue weighted by Crippen LogP contribution is 2.25. The molecule has 7 heteroatoms. The fourth-order valence-electron chi connectivity index (χ4n) is 3.05. The molecule has 1 saturated heterocycles. The molecule has 1 N–H and O–H groups in total. The molecule has 0 bridgehead atoms. The Bertz CT molecular complexity index is 774. The van der Waals surface area contributed by atoms with E-state index < -0.39 is 0 Å². The maximum absolute atomic E-state index is 12.4. The monoisotopic (exact) mass is 373 g/mol. The van der Waals surface area contributed by atoms with Crippen LogP contribution in [0.5, 0.6) is 0 Å². The Balaban J connectivity index is 1.76. The van der Waals surface area contributed by atoms with Crippen LogP contribution in [0.2, 0.25) is 5.02 Å². The standard InChI is InChI=1S/C19H24ClN5O/c1-24(2)18-16(13-21-19(23-18)25-10-6-3-7-11-25)22-17(26)12-14-8-4-5-9-15(14)20/h4-5,8-9,13H,3,6-7,10-12H2,1-2H3,(H,22,26). The van der Waals surface area contributed by atoms with Gasteiger partial charge in [0, 0.05) is 32.2 Å². The first-order valence-electron chi connectivity index (χ1n) is 8.87. The van der Waals surface area contributed by atoms with Gasteiger partial charge in [0.05, 0.1) is 12.6 Å². The topological polar surface area (TPSA) is 61.4 Å². The Morgan fingerprint density at radius 2 is 1.96 bits per heavy atom. The maximum atomic E-state index is 12.4. The molecule has 1 aliphatic heterocycles. The second-order valence-electron chi connectivity index (χ2n) is 6.67. The summed E-state index contributed by atoms with van der Waals surface area (Å²) < 4.78 is 0. The molecule has 138 valence electrons. The van der Waals surface area contributed by atoms with Gasteiger partial charge >= 0.3 is 0 Å². The van der Waals surface area contributed by atoms with Crippen molar-refractivity contribution in [2.45, 2.75) is 25.7 Å². The van der Waals surface area contributed by atoms with Crippen LogP contribution in [0.1, 0.15) is 24.8 Å². The molecule has 2 aromatic rings. The van der Waals surface area contributed by atoms with Crippen molar-refractivity contribution >= 4 is 35.0 Å². The fourth-order valence-corrected chi connectivity index (χ4v) is 3.25. The molecule has 1 aromatic heterocycles. The summed E-state index contributed by atoms with van der Waals surface area (Å²) in [5.74, 6) is 1.28. The SMILES string of the molecule is CN(C)c1nc(N2CCCCC2)ncc1NC(=O)Cc1ccccc1Cl. The van der Waals surface area contributed by atoms with E-state index in [1.54, 1.807) is 12.3 Å². The maximum Gasteiger partial charge on any atom is 0.228 e. The van der Waals surface area contributed by atoms with E-state index in [4.69, 9.17) is 11.6 Å². The summed E-state index contributed by atoms with van der Waals surface area (Å²) in [4.78, 5) is 25.7. The van der Waals surface area contributed by atoms with Crippen molar-refractivity contribution in [1.29, 1.82) is 0 Å². The third kappa shape index (κ3) is 4.43. The van der Waals surface area contributed by atoms with Crippen molar-refractivity contribution in [1.82, 2.24) is 9.97 Å². The fraction of sp³-hybridized carbons (Fsp3) is 0.421. The largest absolute Gasteiger partial charge is 0.361 e. The van der Waals surface area contributed by atoms with Gasteiger partial charge in [-0.3, -0.25) is 4.79 Å². The molecule has 0 radical (unpaired) electrons. The van der Waals surface area contributed by atoms with Crippen molar-refractivity contribution in [3.63, 3.8) is 0 Å². The first-order valence-corrected chi connectivity index (χ1v) is 9.25. The third-order valence-electron chi connectivity index (χ3n) is 4.40. The van der Waals surface area contributed by atoms with Crippen LogP contribution in [-0.4, -0.2) is 43.1 Å². The molecule has 0 spiro atoms. The van der Waals surface area contributed by atoms with E-state index in [9.17, 15) is 4.79 Å². The van der Waals surface area contributed by atoms with Gasteiger partial charge in [-0.1, -0.05) is 29.8 Å². The van der Waals surface area contributed by atoms with Crippen LogP contribution in [0.25, 0.3) is 0 Å². The number of piperidine rings is 1. The van der Waals surface area contributed by atoms with Crippen LogP contribution < -0.4 is 15.1 Å². The van der Waals surface area contributed by atoms with Crippen molar-refractivity contribution < 1.29 is 4.79 Å². The van der Waals surface area contributed by atoms with E-state index in [2.05, 4.69) is 20.2 Å². The van der Waals surface area contributed by atoms with Crippen LogP contribution in [0.3, 0.4) is 0 Å². The zero-order chi connectivity index (χ0) is 18.5. The van der Waals surface area contributed by atoms with Crippen LogP contribution in [-0.2, 0) is 11.2 Å². The minimum absolute atomic E-state index is 0.143. The van der Waals surface area contributed by atoms with Crippen LogP contribution >= 0.6 is 11.6 Å². The molecule has 2 heterocycles. The van der Waals surface area contributed by atoms with Crippen molar-refractivity contribution in [3.8, 4) is 0 Å². The first kappa shape index (κ1) is 18.5. The summed E-state index contributed by atoms with van der Waals surface area (Å²) in [6, 6.07) is 7.36. The summed E-state index contributed by atoms with van der Waals surface area (Å²) >= 11 is 6.14. The van der Waals surface area contributed by atoms with E-state index in [-0.39, 0.29) is 12.3 Å². The van der Waals surface area contributed by atoms with Gasteiger partial charge in [0.1, 0.15) is 5.69 Å². The number of anilines is 3. The van der Waals surface area contributed by atoms with E-state index in [1.807, 2.05) is 37.2 Å². The van der Waals surface area contributed by atoms with Gasteiger partial charge in [-0.15, -0.1) is 0 Å². The summed E-state index contributed by atoms with van der Waals surface area (Å²) in [7, 11) is 3.82. The van der Waals surface area contributed by atoms with Gasteiger partial charge in [0.25, 0.3) is 0 Å². The van der Waals surface area contributed by atoms with Crippen LogP contribution in [0.4, 0.5) is 17.5 Å². The van der Waals surface area contributed by atoms with Crippen LogP contribution in [0.15, 0.2) is 30.5 Å². The summed E-state index contributed by atoms with van der Waals surface area (Å²) in [6.07, 6.45) is 5.48. The molecule has 6 nitrogen and oxygen atoms in total. The Morgan fingerprint density at radius 3 is 2.65 bits per heavy atom. The number of halogens is 1. The Hall–Kier alpha value is -2.34. The quantitative estimate of drug-likeness (QED) is 0.870. The number of aromatic nitrogens is 2. The molecule has 1 aliphatic rings. The van der Waals surface area contributed by atoms with Gasteiger partial charge in [0.2, 0.25) is 11.9 Å². The molecule has 0 atom stereocenters. The molecule has 0 saturated carbocycles. The number of hydrogen-bond donors (Lipinski definition) is 1. The van der Waals surface area contributed by atoms with Gasteiger partial charge in [-0.05, 0) is 30.9 Å². The minimum atomic E-state index is -0.143. The smallest absolute Gasteiger partial charge is 0.228 e. The predicted molar refractivity (Wildman–Crippen MR) is 106 cm³/mol. The zero-order valence-corrected chi connectivity index (χ0v) is 16.0. The lowest BCUT2D eigenvalue weighted by Gasteiger charge is -2.28. The van der Waals surface area contributed by atoms with E-state index in [1.165, 1.54) is 6.42 Å². The van der Waals surface area contributed by atoms with E-state index in [0.29, 0.717) is 16.5 Å². The average Bonchev–Trinajstić information content (AvgIpc) is 2.64. The first-order chi connectivity index (χ1) is 12.5. The van der Waals surface area contributed by atoms with E-state index >= 15 is 0 Å². The normalized spacial score (nSPS) is 14.2. The molecule has 26 heavy (non-hydrogen) atoms. The van der Waals surface area contributed by atoms with Gasteiger partial charge in [-0.2, -0.15) is 4.98 Å². The average molecular weight is 374 g/mol. The zero-order valence-electron chi connectivity index (χ0n) is 15.2. The lowest BCUT2D eigenvalue weighted by Crippen LogP contribution is -2.31. The van der Waals surface area contributed by atoms with E-state index in [0.717, 1.165) is 37.4 Å². The number of nitrogens with zero attached hydrogens (tertiary/aromatic N) is 4. The van der Waals surface area contributed by atoms with Gasteiger partial charge in [0.15, 0.2) is 5.82 Å². The lowest BCUT2D eigenvalue weighted by molar-refractivity contribution is -0.115. The number of hydrogen-bond acceptors (Lipinski definition) is 5. The second kappa shape index (κ2) is 8.36. The number of benzene rings is 1. The Labute approximate surface area is 159 Å².